The number of benzene rings is 1. The number of hydrogen-bond donors (Lipinski definition) is 0. The van der Waals surface area contributed by atoms with Crippen LogP contribution < -0.4 is 5.11 Å². The van der Waals surface area contributed by atoms with Gasteiger partial charge in [-0.1, -0.05) is 28.1 Å². The lowest BCUT2D eigenvalue weighted by molar-refractivity contribution is -0.304. The van der Waals surface area contributed by atoms with E-state index < -0.39 is 5.97 Å². The van der Waals surface area contributed by atoms with Gasteiger partial charge in [0.15, 0.2) is 0 Å². The maximum absolute atomic E-state index is 10.4. The van der Waals surface area contributed by atoms with Crippen molar-refractivity contribution in [1.29, 1.82) is 5.26 Å². The van der Waals surface area contributed by atoms with E-state index in [0.717, 1.165) is 5.56 Å². The van der Waals surface area contributed by atoms with Crippen LogP contribution >= 0.6 is 15.9 Å². The van der Waals surface area contributed by atoms with Gasteiger partial charge in [-0.15, -0.1) is 0 Å². The Morgan fingerprint density at radius 1 is 1.57 bits per heavy atom. The fourth-order valence-electron chi connectivity index (χ4n) is 1.14. The van der Waals surface area contributed by atoms with Gasteiger partial charge in [-0.25, -0.2) is 0 Å². The van der Waals surface area contributed by atoms with Gasteiger partial charge in [0, 0.05) is 17.7 Å². The van der Waals surface area contributed by atoms with Crippen molar-refractivity contribution in [3.05, 3.63) is 34.9 Å². The molecular formula is C10H7BrNO2-. The summed E-state index contributed by atoms with van der Waals surface area (Å²) in [5.41, 5.74) is 1.84. The Balaban J connectivity index is 3.09. The maximum atomic E-state index is 10.4. The molecule has 0 atom stereocenters. The van der Waals surface area contributed by atoms with Crippen molar-refractivity contribution in [3.63, 3.8) is 0 Å². The normalized spacial score (nSPS) is 9.43. The molecule has 0 aromatic heterocycles. The number of halogens is 1. The molecule has 0 saturated carbocycles. The van der Waals surface area contributed by atoms with E-state index in [0.29, 0.717) is 16.5 Å². The molecule has 0 unspecified atom stereocenters. The third kappa shape index (κ3) is 2.57. The maximum Gasteiger partial charge on any atom is 0.0994 e. The molecule has 0 aliphatic heterocycles. The van der Waals surface area contributed by atoms with Gasteiger partial charge in [0.05, 0.1) is 11.6 Å². The van der Waals surface area contributed by atoms with E-state index in [9.17, 15) is 9.90 Å². The van der Waals surface area contributed by atoms with Crippen LogP contribution in [0.1, 0.15) is 16.7 Å². The van der Waals surface area contributed by atoms with Gasteiger partial charge in [0.25, 0.3) is 0 Å². The van der Waals surface area contributed by atoms with Crippen molar-refractivity contribution in [3.8, 4) is 6.07 Å². The van der Waals surface area contributed by atoms with E-state index in [-0.39, 0.29) is 6.42 Å². The van der Waals surface area contributed by atoms with Gasteiger partial charge in [-0.05, 0) is 17.2 Å². The zero-order valence-corrected chi connectivity index (χ0v) is 8.87. The highest BCUT2D eigenvalue weighted by Crippen LogP contribution is 2.14. The molecule has 0 radical (unpaired) electrons. The highest BCUT2D eigenvalue weighted by molar-refractivity contribution is 9.08. The predicted molar refractivity (Wildman–Crippen MR) is 52.5 cm³/mol. The second-order valence-corrected chi connectivity index (χ2v) is 3.35. The van der Waals surface area contributed by atoms with Gasteiger partial charge in [0.2, 0.25) is 0 Å². The summed E-state index contributed by atoms with van der Waals surface area (Å²) in [6.45, 7) is 0. The van der Waals surface area contributed by atoms with E-state index in [1.165, 1.54) is 0 Å². The Morgan fingerprint density at radius 2 is 2.29 bits per heavy atom. The fraction of sp³-hybridized carbons (Fsp3) is 0.200. The molecule has 3 nitrogen and oxygen atoms in total. The first kappa shape index (κ1) is 10.7. The second-order valence-electron chi connectivity index (χ2n) is 2.79. The third-order valence-corrected chi connectivity index (χ3v) is 2.43. The zero-order chi connectivity index (χ0) is 10.6. The Labute approximate surface area is 90.1 Å². The summed E-state index contributed by atoms with van der Waals surface area (Å²) in [5.74, 6) is -1.17. The molecule has 0 heterocycles. The van der Waals surface area contributed by atoms with Crippen molar-refractivity contribution in [1.82, 2.24) is 0 Å². The van der Waals surface area contributed by atoms with Crippen LogP contribution in [0.2, 0.25) is 0 Å². The van der Waals surface area contributed by atoms with Crippen molar-refractivity contribution in [2.75, 3.05) is 0 Å². The Morgan fingerprint density at radius 3 is 2.79 bits per heavy atom. The molecule has 0 N–H and O–H groups in total. The monoisotopic (exact) mass is 252 g/mol. The minimum Gasteiger partial charge on any atom is -0.550 e. The number of carboxylic acid groups (broad SMARTS) is 1. The third-order valence-electron chi connectivity index (χ3n) is 1.78. The number of carboxylic acids is 1. The number of nitriles is 1. The average molecular weight is 253 g/mol. The molecule has 0 saturated heterocycles. The van der Waals surface area contributed by atoms with Crippen LogP contribution in [0.4, 0.5) is 0 Å². The summed E-state index contributed by atoms with van der Waals surface area (Å²) < 4.78 is 0. The molecule has 0 fully saturated rings. The van der Waals surface area contributed by atoms with Crippen LogP contribution in [0.25, 0.3) is 0 Å². The van der Waals surface area contributed by atoms with Crippen LogP contribution in [-0.2, 0) is 16.5 Å². The zero-order valence-electron chi connectivity index (χ0n) is 7.29. The first-order chi connectivity index (χ1) is 6.67. The van der Waals surface area contributed by atoms with E-state index in [1.54, 1.807) is 18.2 Å². The molecule has 0 aliphatic carbocycles. The lowest BCUT2D eigenvalue weighted by atomic mass is 10.0. The van der Waals surface area contributed by atoms with Gasteiger partial charge in [-0.2, -0.15) is 5.26 Å². The summed E-state index contributed by atoms with van der Waals surface area (Å²) in [6.07, 6.45) is -0.219. The molecule has 1 aromatic carbocycles. The standard InChI is InChI=1S/C10H8BrNO2/c11-5-7-1-2-8(6-12)9(3-7)4-10(13)14/h1-3H,4-5H2,(H,13,14)/p-1. The van der Waals surface area contributed by atoms with Crippen LogP contribution in [0.3, 0.4) is 0 Å². The molecule has 1 aromatic rings. The molecular weight excluding hydrogens is 246 g/mol. The highest BCUT2D eigenvalue weighted by Gasteiger charge is 2.03. The predicted octanol–water partition coefficient (Wildman–Crippen LogP) is 0.746. The fourth-order valence-corrected chi connectivity index (χ4v) is 1.49. The lowest BCUT2D eigenvalue weighted by Crippen LogP contribution is -2.24. The number of hydrogen-bond acceptors (Lipinski definition) is 3. The smallest absolute Gasteiger partial charge is 0.0994 e. The number of carbonyl (C=O) groups excluding carboxylic acids is 1. The van der Waals surface area contributed by atoms with Crippen molar-refractivity contribution in [2.45, 2.75) is 11.8 Å². The summed E-state index contributed by atoms with van der Waals surface area (Å²) >= 11 is 3.26. The Hall–Kier alpha value is -1.34. The van der Waals surface area contributed by atoms with Crippen LogP contribution in [0, 0.1) is 11.3 Å². The summed E-state index contributed by atoms with van der Waals surface area (Å²) in [6, 6.07) is 7.05. The quantitative estimate of drug-likeness (QED) is 0.746. The molecule has 14 heavy (non-hydrogen) atoms. The van der Waals surface area contributed by atoms with Crippen molar-refractivity contribution < 1.29 is 9.90 Å². The van der Waals surface area contributed by atoms with E-state index in [2.05, 4.69) is 15.9 Å². The first-order valence-corrected chi connectivity index (χ1v) is 5.07. The van der Waals surface area contributed by atoms with Crippen molar-refractivity contribution in [2.24, 2.45) is 0 Å². The van der Waals surface area contributed by atoms with Gasteiger partial charge in [-0.3, -0.25) is 0 Å². The molecule has 0 spiro atoms. The molecule has 0 bridgehead atoms. The number of carbonyl (C=O) groups is 1. The number of alkyl halides is 1. The molecule has 4 heteroatoms. The van der Waals surface area contributed by atoms with Crippen LogP contribution in [0.15, 0.2) is 18.2 Å². The molecule has 0 amide bonds. The number of rotatable bonds is 3. The van der Waals surface area contributed by atoms with Gasteiger partial charge < -0.3 is 9.90 Å². The topological polar surface area (TPSA) is 63.9 Å². The van der Waals surface area contributed by atoms with Crippen LogP contribution in [0.5, 0.6) is 0 Å². The van der Waals surface area contributed by atoms with E-state index in [1.807, 2.05) is 6.07 Å². The molecule has 0 aliphatic rings. The second kappa shape index (κ2) is 4.77. The Kier molecular flexibility index (Phi) is 3.66. The lowest BCUT2D eigenvalue weighted by Gasteiger charge is -2.06. The minimum atomic E-state index is -1.17. The molecule has 72 valence electrons. The van der Waals surface area contributed by atoms with Gasteiger partial charge >= 0.3 is 0 Å². The van der Waals surface area contributed by atoms with Gasteiger partial charge in [0.1, 0.15) is 0 Å². The summed E-state index contributed by atoms with van der Waals surface area (Å²) in [7, 11) is 0. The molecule has 1 rings (SSSR count). The van der Waals surface area contributed by atoms with Crippen LogP contribution in [-0.4, -0.2) is 5.97 Å². The summed E-state index contributed by atoms with van der Waals surface area (Å²) in [4.78, 5) is 10.4. The van der Waals surface area contributed by atoms with E-state index >= 15 is 0 Å². The minimum absolute atomic E-state index is 0.219. The SMILES string of the molecule is N#Cc1ccc(CBr)cc1CC(=O)[O-]. The van der Waals surface area contributed by atoms with E-state index in [4.69, 9.17) is 5.26 Å². The first-order valence-electron chi connectivity index (χ1n) is 3.95. The summed E-state index contributed by atoms with van der Waals surface area (Å²) in [5, 5.41) is 19.8. The number of nitrogens with zero attached hydrogens (tertiary/aromatic N) is 1. The Bertz CT molecular complexity index is 396. The highest BCUT2D eigenvalue weighted by atomic mass is 79.9. The average Bonchev–Trinajstić information content (AvgIpc) is 2.16. The van der Waals surface area contributed by atoms with Crippen molar-refractivity contribution >= 4 is 21.9 Å². The largest absolute Gasteiger partial charge is 0.550 e. The number of aliphatic carboxylic acids is 1.